The number of carbonyl (C=O) groups is 8. The molecule has 0 aliphatic carbocycles. The van der Waals surface area contributed by atoms with Gasteiger partial charge in [-0.15, -0.1) is 117 Å². The Morgan fingerprint density at radius 1 is 0.212 bits per heavy atom. The van der Waals surface area contributed by atoms with Crippen molar-refractivity contribution in [2.75, 3.05) is 158 Å². The van der Waals surface area contributed by atoms with Crippen LogP contribution in [0.15, 0.2) is 140 Å². The molecule has 0 saturated carbocycles. The number of aliphatic hydroxyl groups is 8. The maximum atomic E-state index is 10.1. The van der Waals surface area contributed by atoms with Crippen LogP contribution in [0.5, 0.6) is 0 Å². The van der Waals surface area contributed by atoms with Gasteiger partial charge in [0.05, 0.1) is 52.9 Å². The minimum atomic E-state index is -1.02. The van der Waals surface area contributed by atoms with Gasteiger partial charge in [0.15, 0.2) is 0 Å². The summed E-state index contributed by atoms with van der Waals surface area (Å²) in [5, 5.41) is 203. The van der Waals surface area contributed by atoms with E-state index in [0.717, 1.165) is 39.0 Å². The zero-order chi connectivity index (χ0) is 84.8. The summed E-state index contributed by atoms with van der Waals surface area (Å²) in [4.78, 5) is 93.4. The Morgan fingerprint density at radius 3 is 0.373 bits per heavy atom. The zero-order valence-electron chi connectivity index (χ0n) is 63.1. The van der Waals surface area contributed by atoms with Crippen molar-refractivity contribution < 1.29 is 243 Å². The van der Waals surface area contributed by atoms with Gasteiger partial charge >= 0.3 is 102 Å². The summed E-state index contributed by atoms with van der Waals surface area (Å²) in [6.07, 6.45) is 0.315. The smallest absolute Gasteiger partial charge is 0.854 e. The van der Waals surface area contributed by atoms with Crippen molar-refractivity contribution in [2.45, 2.75) is 51.4 Å². The van der Waals surface area contributed by atoms with Crippen molar-refractivity contribution in [3.63, 3.8) is 0 Å². The van der Waals surface area contributed by atoms with Gasteiger partial charge in [-0.3, -0.25) is 0 Å². The van der Waals surface area contributed by atoms with E-state index in [4.69, 9.17) is 40.9 Å². The van der Waals surface area contributed by atoms with Gasteiger partial charge in [-0.25, -0.2) is 0 Å². The molecule has 0 atom stereocenters. The van der Waals surface area contributed by atoms with Crippen LogP contribution in [0, 0.1) is 0 Å². The molecule has 8 N–H and O–H groups in total. The number of carboxylic acid groups (broad SMARTS) is 8. The van der Waals surface area contributed by atoms with E-state index in [1.54, 1.807) is 68.1 Å². The number of carbonyl (C=O) groups excluding carboxylic acids is 8. The Kier molecular flexibility index (Phi) is 112. The molecule has 8 aromatic rings. The molecule has 0 spiro atoms. The van der Waals surface area contributed by atoms with E-state index in [-0.39, 0.29) is 233 Å². The first-order chi connectivity index (χ1) is 53.7. The quantitative estimate of drug-likeness (QED) is 0.0165. The summed E-state index contributed by atoms with van der Waals surface area (Å²) in [5.74, 6) is -8.13. The number of carboxylic acids is 8. The molecule has 6 radical (unpaired) electrons. The monoisotopic (exact) mass is 2100 g/mol. The van der Waals surface area contributed by atoms with Gasteiger partial charge in [-0.1, -0.05) is 48.5 Å². The molecule has 0 aliphatic rings. The van der Waals surface area contributed by atoms with Crippen LogP contribution < -0.4 is 61.3 Å². The third-order valence-corrected chi connectivity index (χ3v) is 19.2. The molecule has 0 saturated heterocycles. The van der Waals surface area contributed by atoms with E-state index >= 15 is 0 Å². The molecule has 8 heterocycles. The van der Waals surface area contributed by atoms with Crippen LogP contribution in [0.3, 0.4) is 0 Å². The van der Waals surface area contributed by atoms with E-state index < -0.39 is 47.8 Å². The molecule has 46 heteroatoms. The fraction of sp³-hybridized carbons (Fsp3) is 0.444. The van der Waals surface area contributed by atoms with Gasteiger partial charge in [0.1, 0.15) is 0 Å². The van der Waals surface area contributed by atoms with Crippen LogP contribution in [0.1, 0.15) is 39.0 Å². The Labute approximate surface area is 781 Å². The number of nitrogens with zero attached hydrogens (tertiary/aromatic N) is 4. The number of thiophene rings is 8. The largest absolute Gasteiger partial charge is 2.00 e. The standard InChI is InChI=1S/4C6H14NO3.8C6H6O2S.6Cu/c4*8-4-1-7(2-5-9)3-6-10;8*7-6(8)4-5-2-1-3-9-5;;;;;;/h4*8-9H,1-6H2;8*1-3H,4H2,(H,7,8);;;;;;/q4*-1;;;;;;;;;6*+2/p-8. The summed E-state index contributed by atoms with van der Waals surface area (Å²) < 4.78 is 0. The van der Waals surface area contributed by atoms with Crippen molar-refractivity contribution in [1.29, 1.82) is 0 Å². The Balaban J connectivity index is -0.000000134. The van der Waals surface area contributed by atoms with Crippen molar-refractivity contribution >= 4 is 138 Å². The SMILES string of the molecule is O=C([O-])Cc1cccs1.O=C([O-])Cc1cccs1.O=C([O-])Cc1cccs1.O=C([O-])Cc1cccs1.O=C([O-])Cc1cccs1.O=C([O-])Cc1cccs1.O=C([O-])Cc1cccs1.O=C([O-])Cc1cccs1.[Cu+2].[Cu+2].[Cu+2].[Cu+2].[Cu+2].[Cu+2].[O-]CCN(CCO)CCO.[O-]CCN(CCO)CCO.[O-]CCN(CCO)CCO.[O-]CCN(CCO)CCO. The summed E-state index contributed by atoms with van der Waals surface area (Å²) in [6, 6.07) is 28.8. The van der Waals surface area contributed by atoms with Crippen LogP contribution >= 0.6 is 90.7 Å². The Morgan fingerprint density at radius 2 is 0.314 bits per heavy atom. The minimum absolute atomic E-state index is 0. The van der Waals surface area contributed by atoms with E-state index in [1.807, 2.05) is 91.6 Å². The van der Waals surface area contributed by atoms with E-state index in [9.17, 15) is 99.6 Å². The third-order valence-electron chi connectivity index (χ3n) is 12.1. The molecule has 32 nitrogen and oxygen atoms in total. The first kappa shape index (κ1) is 134. The molecule has 0 bridgehead atoms. The second kappa shape index (κ2) is 98.3. The summed E-state index contributed by atoms with van der Waals surface area (Å²) >= 11 is 11.4. The van der Waals surface area contributed by atoms with E-state index in [0.29, 0.717) is 78.5 Å². The molecule has 118 heavy (non-hydrogen) atoms. The predicted octanol–water partition coefficient (Wildman–Crippen LogP) is -9.16. The van der Waals surface area contributed by atoms with Crippen LogP contribution in [0.25, 0.3) is 0 Å². The molecule has 0 aliphatic heterocycles. The van der Waals surface area contributed by atoms with Crippen LogP contribution in [-0.2, 0) is 192 Å². The Hall–Kier alpha value is -4.16. The van der Waals surface area contributed by atoms with Gasteiger partial charge < -0.3 is 160 Å². The van der Waals surface area contributed by atoms with Gasteiger partial charge in [0.2, 0.25) is 0 Å². The Bertz CT molecular complexity index is 2710. The van der Waals surface area contributed by atoms with E-state index in [1.165, 1.54) is 90.7 Å². The number of aliphatic hydroxyl groups excluding tert-OH is 8. The van der Waals surface area contributed by atoms with Crippen molar-refractivity contribution in [1.82, 2.24) is 19.6 Å². The zero-order valence-corrected chi connectivity index (χ0v) is 75.3. The maximum Gasteiger partial charge on any atom is 2.00 e. The molecule has 686 valence electrons. The topological polar surface area (TPSA) is 588 Å². The summed E-state index contributed by atoms with van der Waals surface area (Å²) in [7, 11) is 0. The molecule has 0 aromatic carbocycles. The molecule has 0 fully saturated rings. The normalized spacial score (nSPS) is 9.36. The average molecular weight is 2100 g/mol. The van der Waals surface area contributed by atoms with Crippen LogP contribution in [0.4, 0.5) is 0 Å². The molecule has 0 unspecified atom stereocenters. The van der Waals surface area contributed by atoms with Crippen molar-refractivity contribution in [3.8, 4) is 0 Å². The van der Waals surface area contributed by atoms with Gasteiger partial charge in [0.25, 0.3) is 0 Å². The summed E-state index contributed by atoms with van der Waals surface area (Å²) in [5.41, 5.74) is 0. The second-order valence-electron chi connectivity index (χ2n) is 21.0. The van der Waals surface area contributed by atoms with Gasteiger partial charge in [-0.2, -0.15) is 0 Å². The fourth-order valence-electron chi connectivity index (χ4n) is 7.43. The predicted molar refractivity (Wildman–Crippen MR) is 406 cm³/mol. The minimum Gasteiger partial charge on any atom is -0.854 e. The molecule has 8 rings (SSSR count). The summed E-state index contributed by atoms with van der Waals surface area (Å²) in [6.45, 7) is 5.03. The first-order valence-electron chi connectivity index (χ1n) is 33.6. The number of hydrogen-bond acceptors (Lipinski definition) is 40. The first-order valence-corrected chi connectivity index (χ1v) is 40.6. The van der Waals surface area contributed by atoms with Crippen molar-refractivity contribution in [3.05, 3.63) is 179 Å². The maximum absolute atomic E-state index is 10.1. The molecule has 8 aromatic heterocycles. The number of aliphatic carboxylic acids is 8. The van der Waals surface area contributed by atoms with Crippen molar-refractivity contribution in [2.24, 2.45) is 0 Å². The molecular formula is C72H96Cu6N4O28S8. The fourth-order valence-corrected chi connectivity index (χ4v) is 13.0. The van der Waals surface area contributed by atoms with Gasteiger partial charge in [-0.05, 0) is 118 Å². The number of hydrogen-bond donors (Lipinski definition) is 8. The average Bonchev–Trinajstić information content (AvgIpc) is 1.87. The van der Waals surface area contributed by atoms with Crippen LogP contribution in [-0.4, -0.2) is 266 Å². The van der Waals surface area contributed by atoms with Crippen LogP contribution in [0.2, 0.25) is 0 Å². The molecule has 0 amide bonds. The number of rotatable bonds is 40. The third kappa shape index (κ3) is 95.7. The second-order valence-corrected chi connectivity index (χ2v) is 29.3. The van der Waals surface area contributed by atoms with E-state index in [2.05, 4.69) is 0 Å². The molecular weight excluding hydrogens is 2010 g/mol. The van der Waals surface area contributed by atoms with Gasteiger partial charge in [0, 0.05) is 190 Å².